The van der Waals surface area contributed by atoms with Crippen molar-refractivity contribution in [3.63, 3.8) is 0 Å². The molecule has 5 rings (SSSR count). The van der Waals surface area contributed by atoms with Crippen LogP contribution in [0, 0.1) is 6.92 Å². The largest absolute Gasteiger partial charge is 0.505 e. The van der Waals surface area contributed by atoms with Crippen LogP contribution < -0.4 is 0 Å². The van der Waals surface area contributed by atoms with Crippen molar-refractivity contribution in [1.82, 2.24) is 14.3 Å². The fourth-order valence-electron chi connectivity index (χ4n) is 4.33. The van der Waals surface area contributed by atoms with Crippen LogP contribution in [0.5, 0.6) is 0 Å². The molecule has 3 heterocycles. The first-order valence-electron chi connectivity index (χ1n) is 10.4. The zero-order valence-corrected chi connectivity index (χ0v) is 17.5. The quantitative estimate of drug-likeness (QED) is 0.302. The number of Topliss-reactive ketones (excluding diaryl/α,β-unsaturated/α-hetero) is 1. The number of rotatable bonds is 4. The fourth-order valence-corrected chi connectivity index (χ4v) is 4.33. The van der Waals surface area contributed by atoms with E-state index >= 15 is 0 Å². The summed E-state index contributed by atoms with van der Waals surface area (Å²) in [6.07, 6.45) is 1.78. The molecule has 2 aromatic carbocycles. The standard InChI is InChI=1S/C26H21N3O3/c1-17-22(28-15-9-8-14-20(28)27-17)24(30)21-23(19-12-6-3-7-13-19)29(26(32)25(21)31)16-18-10-4-2-5-11-18/h2-15,23,30H,16H2,1H3/b24-21+. The van der Waals surface area contributed by atoms with E-state index in [0.29, 0.717) is 17.0 Å². The summed E-state index contributed by atoms with van der Waals surface area (Å²) in [5.41, 5.74) is 3.39. The van der Waals surface area contributed by atoms with Crippen LogP contribution in [0.15, 0.2) is 90.6 Å². The topological polar surface area (TPSA) is 74.9 Å². The molecule has 0 saturated carbocycles. The molecule has 6 heteroatoms. The average molecular weight is 423 g/mol. The minimum absolute atomic E-state index is 0.0749. The van der Waals surface area contributed by atoms with Gasteiger partial charge in [-0.1, -0.05) is 66.7 Å². The molecule has 1 aliphatic heterocycles. The van der Waals surface area contributed by atoms with E-state index in [0.717, 1.165) is 11.1 Å². The number of amides is 1. The number of nitrogens with zero attached hydrogens (tertiary/aromatic N) is 3. The Balaban J connectivity index is 1.71. The molecule has 1 fully saturated rings. The van der Waals surface area contributed by atoms with E-state index in [9.17, 15) is 14.7 Å². The van der Waals surface area contributed by atoms with E-state index in [2.05, 4.69) is 4.98 Å². The number of aryl methyl sites for hydroxylation is 1. The molecule has 32 heavy (non-hydrogen) atoms. The summed E-state index contributed by atoms with van der Waals surface area (Å²) in [4.78, 5) is 32.4. The SMILES string of the molecule is Cc1nc2ccccn2c1/C(O)=C1\C(=O)C(=O)N(Cc2ccccc2)C1c1ccccc1. The Bertz CT molecular complexity index is 1360. The highest BCUT2D eigenvalue weighted by atomic mass is 16.3. The maximum absolute atomic E-state index is 13.2. The summed E-state index contributed by atoms with van der Waals surface area (Å²) in [5, 5.41) is 11.4. The number of imidazole rings is 1. The number of carbonyl (C=O) groups is 2. The molecule has 0 bridgehead atoms. The molecule has 4 aromatic rings. The molecular weight excluding hydrogens is 402 g/mol. The predicted octanol–water partition coefficient (Wildman–Crippen LogP) is 4.26. The fraction of sp³-hybridized carbons (Fsp3) is 0.115. The highest BCUT2D eigenvalue weighted by molar-refractivity contribution is 6.46. The number of benzene rings is 2. The van der Waals surface area contributed by atoms with E-state index in [1.807, 2.05) is 78.9 Å². The van der Waals surface area contributed by atoms with Gasteiger partial charge in [0.15, 0.2) is 5.76 Å². The Labute approximate surface area is 185 Å². The monoisotopic (exact) mass is 423 g/mol. The second-order valence-electron chi connectivity index (χ2n) is 7.80. The number of pyridine rings is 1. The summed E-state index contributed by atoms with van der Waals surface area (Å²) in [6.45, 7) is 2.04. The predicted molar refractivity (Wildman–Crippen MR) is 121 cm³/mol. The highest BCUT2D eigenvalue weighted by Gasteiger charge is 2.46. The number of aliphatic hydroxyl groups excluding tert-OH is 1. The summed E-state index contributed by atoms with van der Waals surface area (Å²) < 4.78 is 1.73. The first-order valence-corrected chi connectivity index (χ1v) is 10.4. The number of aliphatic hydroxyl groups is 1. The van der Waals surface area contributed by atoms with Crippen LogP contribution in [0.1, 0.15) is 28.6 Å². The second-order valence-corrected chi connectivity index (χ2v) is 7.80. The van der Waals surface area contributed by atoms with Gasteiger partial charge in [0, 0.05) is 12.7 Å². The second kappa shape index (κ2) is 7.81. The van der Waals surface area contributed by atoms with E-state index < -0.39 is 17.7 Å². The van der Waals surface area contributed by atoms with Crippen molar-refractivity contribution in [2.75, 3.05) is 0 Å². The smallest absolute Gasteiger partial charge is 0.295 e. The zero-order valence-electron chi connectivity index (χ0n) is 17.5. The van der Waals surface area contributed by atoms with Gasteiger partial charge in [0.25, 0.3) is 11.7 Å². The van der Waals surface area contributed by atoms with Gasteiger partial charge < -0.3 is 10.0 Å². The van der Waals surface area contributed by atoms with Crippen molar-refractivity contribution in [3.05, 3.63) is 113 Å². The molecule has 1 aliphatic rings. The molecule has 1 atom stereocenters. The number of carbonyl (C=O) groups excluding carboxylic acids is 2. The van der Waals surface area contributed by atoms with Crippen LogP contribution in [0.3, 0.4) is 0 Å². The third kappa shape index (κ3) is 3.17. The molecule has 1 N–H and O–H groups in total. The molecule has 6 nitrogen and oxygen atoms in total. The van der Waals surface area contributed by atoms with Crippen molar-refractivity contribution in [3.8, 4) is 0 Å². The molecule has 2 aromatic heterocycles. The molecule has 1 saturated heterocycles. The van der Waals surface area contributed by atoms with Gasteiger partial charge in [-0.2, -0.15) is 0 Å². The van der Waals surface area contributed by atoms with Crippen LogP contribution in [0.2, 0.25) is 0 Å². The summed E-state index contributed by atoms with van der Waals surface area (Å²) in [5.74, 6) is -1.54. The van der Waals surface area contributed by atoms with Crippen LogP contribution in [-0.2, 0) is 16.1 Å². The van der Waals surface area contributed by atoms with Crippen molar-refractivity contribution < 1.29 is 14.7 Å². The molecule has 158 valence electrons. The van der Waals surface area contributed by atoms with Gasteiger partial charge in [0.05, 0.1) is 17.3 Å². The molecule has 0 aliphatic carbocycles. The number of fused-ring (bicyclic) bond motifs is 1. The Morgan fingerprint density at radius 1 is 0.938 bits per heavy atom. The normalized spacial score (nSPS) is 17.9. The Morgan fingerprint density at radius 2 is 1.59 bits per heavy atom. The van der Waals surface area contributed by atoms with Crippen molar-refractivity contribution in [2.24, 2.45) is 0 Å². The lowest BCUT2D eigenvalue weighted by Gasteiger charge is -2.25. The molecule has 0 radical (unpaired) electrons. The first kappa shape index (κ1) is 19.8. The van der Waals surface area contributed by atoms with Crippen molar-refractivity contribution >= 4 is 23.1 Å². The average Bonchev–Trinajstić information content (AvgIpc) is 3.28. The number of ketones is 1. The van der Waals surface area contributed by atoms with Gasteiger partial charge in [-0.05, 0) is 30.2 Å². The number of hydrogen-bond acceptors (Lipinski definition) is 4. The van der Waals surface area contributed by atoms with Gasteiger partial charge in [-0.15, -0.1) is 0 Å². The van der Waals surface area contributed by atoms with Gasteiger partial charge in [-0.3, -0.25) is 14.0 Å². The lowest BCUT2D eigenvalue weighted by molar-refractivity contribution is -0.140. The number of likely N-dealkylation sites (tertiary alicyclic amines) is 1. The third-order valence-corrected chi connectivity index (χ3v) is 5.78. The zero-order chi connectivity index (χ0) is 22.2. The molecular formula is C26H21N3O3. The van der Waals surface area contributed by atoms with Crippen LogP contribution >= 0.6 is 0 Å². The van der Waals surface area contributed by atoms with Gasteiger partial charge in [0.2, 0.25) is 0 Å². The summed E-state index contributed by atoms with van der Waals surface area (Å²) >= 11 is 0. The molecule has 1 unspecified atom stereocenters. The molecule has 1 amide bonds. The van der Waals surface area contributed by atoms with E-state index in [4.69, 9.17) is 0 Å². The van der Waals surface area contributed by atoms with Crippen molar-refractivity contribution in [1.29, 1.82) is 0 Å². The lowest BCUT2D eigenvalue weighted by Crippen LogP contribution is -2.29. The Hall–Kier alpha value is -4.19. The maximum atomic E-state index is 13.2. The lowest BCUT2D eigenvalue weighted by atomic mass is 9.96. The van der Waals surface area contributed by atoms with E-state index in [-0.39, 0.29) is 17.9 Å². The minimum Gasteiger partial charge on any atom is -0.505 e. The number of hydrogen-bond donors (Lipinski definition) is 1. The van der Waals surface area contributed by atoms with Crippen LogP contribution in [0.4, 0.5) is 0 Å². The maximum Gasteiger partial charge on any atom is 0.295 e. The summed E-state index contributed by atoms with van der Waals surface area (Å²) in [7, 11) is 0. The van der Waals surface area contributed by atoms with Crippen LogP contribution in [-0.4, -0.2) is 31.1 Å². The highest BCUT2D eigenvalue weighted by Crippen LogP contribution is 2.40. The molecule has 0 spiro atoms. The van der Waals surface area contributed by atoms with Gasteiger partial charge in [0.1, 0.15) is 11.3 Å². The minimum atomic E-state index is -0.704. The Morgan fingerprint density at radius 3 is 2.31 bits per heavy atom. The van der Waals surface area contributed by atoms with Gasteiger partial charge >= 0.3 is 0 Å². The Kier molecular flexibility index (Phi) is 4.82. The third-order valence-electron chi connectivity index (χ3n) is 5.78. The van der Waals surface area contributed by atoms with E-state index in [1.54, 1.807) is 17.5 Å². The van der Waals surface area contributed by atoms with Crippen molar-refractivity contribution in [2.45, 2.75) is 19.5 Å². The number of aromatic nitrogens is 2. The van der Waals surface area contributed by atoms with E-state index in [1.165, 1.54) is 4.90 Å². The van der Waals surface area contributed by atoms with Gasteiger partial charge in [-0.25, -0.2) is 4.98 Å². The van der Waals surface area contributed by atoms with Crippen LogP contribution in [0.25, 0.3) is 11.4 Å². The first-order chi connectivity index (χ1) is 15.6. The summed E-state index contributed by atoms with van der Waals surface area (Å²) in [6, 6.07) is 23.6.